The highest BCUT2D eigenvalue weighted by atomic mass is 35.5. The minimum Gasteiger partial charge on any atom is -0.325 e. The predicted octanol–water partition coefficient (Wildman–Crippen LogP) is 5.82. The molecular formula is C22H15ClFN3OS. The van der Waals surface area contributed by atoms with Gasteiger partial charge in [0.15, 0.2) is 5.82 Å². The molecular weight excluding hydrogens is 409 g/mol. The zero-order valence-electron chi connectivity index (χ0n) is 15.1. The first kappa shape index (κ1) is 19.4. The summed E-state index contributed by atoms with van der Waals surface area (Å²) in [6.07, 6.45) is 0. The molecule has 3 aromatic carbocycles. The maximum absolute atomic E-state index is 13.0. The number of para-hydroxylation sites is 1. The van der Waals surface area contributed by atoms with Crippen molar-refractivity contribution in [3.63, 3.8) is 0 Å². The first-order valence-corrected chi connectivity index (χ1v) is 10.2. The number of nitrogens with zero attached hydrogens (tertiary/aromatic N) is 2. The van der Waals surface area contributed by atoms with E-state index < -0.39 is 0 Å². The van der Waals surface area contributed by atoms with E-state index in [0.29, 0.717) is 16.5 Å². The van der Waals surface area contributed by atoms with Crippen LogP contribution in [0, 0.1) is 5.82 Å². The highest BCUT2D eigenvalue weighted by Gasteiger charge is 2.12. The van der Waals surface area contributed by atoms with Crippen molar-refractivity contribution in [3.05, 3.63) is 83.6 Å². The second-order valence-corrected chi connectivity index (χ2v) is 7.62. The van der Waals surface area contributed by atoms with Crippen molar-refractivity contribution in [2.75, 3.05) is 11.1 Å². The fourth-order valence-electron chi connectivity index (χ4n) is 2.75. The molecule has 1 N–H and O–H groups in total. The van der Waals surface area contributed by atoms with Gasteiger partial charge in [-0.25, -0.2) is 14.4 Å². The van der Waals surface area contributed by atoms with Gasteiger partial charge in [-0.05, 0) is 54.6 Å². The molecule has 0 aliphatic carbocycles. The maximum Gasteiger partial charge on any atom is 0.234 e. The van der Waals surface area contributed by atoms with E-state index in [1.807, 2.05) is 36.4 Å². The van der Waals surface area contributed by atoms with Crippen LogP contribution in [0.25, 0.3) is 22.3 Å². The van der Waals surface area contributed by atoms with E-state index in [9.17, 15) is 9.18 Å². The third kappa shape index (κ3) is 4.72. The number of amides is 1. The Morgan fingerprint density at radius 1 is 0.966 bits per heavy atom. The number of carbonyl (C=O) groups excluding carboxylic acids is 1. The van der Waals surface area contributed by atoms with Crippen LogP contribution in [0.15, 0.2) is 77.8 Å². The third-order valence-corrected chi connectivity index (χ3v) is 5.38. The molecule has 0 spiro atoms. The van der Waals surface area contributed by atoms with Crippen LogP contribution in [0.1, 0.15) is 0 Å². The first-order chi connectivity index (χ1) is 14.1. The molecule has 0 bridgehead atoms. The van der Waals surface area contributed by atoms with E-state index >= 15 is 0 Å². The maximum atomic E-state index is 13.0. The smallest absolute Gasteiger partial charge is 0.234 e. The van der Waals surface area contributed by atoms with Crippen molar-refractivity contribution in [1.29, 1.82) is 0 Å². The number of carbonyl (C=O) groups is 1. The van der Waals surface area contributed by atoms with Crippen molar-refractivity contribution >= 4 is 45.9 Å². The molecule has 0 aliphatic heterocycles. The highest BCUT2D eigenvalue weighted by Crippen LogP contribution is 2.29. The molecule has 29 heavy (non-hydrogen) atoms. The van der Waals surface area contributed by atoms with Crippen LogP contribution >= 0.6 is 23.4 Å². The van der Waals surface area contributed by atoms with Crippen molar-refractivity contribution in [2.45, 2.75) is 5.03 Å². The standard InChI is InChI=1S/C22H15ClFN3OS/c23-15-7-5-14(6-8-15)21-26-19-4-2-1-3-18(19)22(27-21)29-13-20(28)25-17-11-9-16(24)10-12-17/h1-12H,13H2,(H,25,28). The summed E-state index contributed by atoms with van der Waals surface area (Å²) in [5.41, 5.74) is 2.19. The lowest BCUT2D eigenvalue weighted by atomic mass is 10.2. The molecule has 0 saturated carbocycles. The van der Waals surface area contributed by atoms with Crippen LogP contribution in [0.4, 0.5) is 10.1 Å². The Kier molecular flexibility index (Phi) is 5.74. The van der Waals surface area contributed by atoms with E-state index in [1.165, 1.54) is 36.0 Å². The molecule has 144 valence electrons. The molecule has 0 aliphatic rings. The van der Waals surface area contributed by atoms with Crippen molar-refractivity contribution in [1.82, 2.24) is 9.97 Å². The van der Waals surface area contributed by atoms with Gasteiger partial charge in [0.05, 0.1) is 11.3 Å². The summed E-state index contributed by atoms with van der Waals surface area (Å²) >= 11 is 7.30. The Bertz CT molecular complexity index is 1170. The third-order valence-electron chi connectivity index (χ3n) is 4.14. The topological polar surface area (TPSA) is 54.9 Å². The number of thioether (sulfide) groups is 1. The second kappa shape index (κ2) is 8.59. The van der Waals surface area contributed by atoms with E-state index in [-0.39, 0.29) is 17.5 Å². The van der Waals surface area contributed by atoms with Crippen LogP contribution in [0.2, 0.25) is 5.02 Å². The van der Waals surface area contributed by atoms with Crippen LogP contribution in [0.3, 0.4) is 0 Å². The quantitative estimate of drug-likeness (QED) is 0.324. The summed E-state index contributed by atoms with van der Waals surface area (Å²) in [6, 6.07) is 20.6. The summed E-state index contributed by atoms with van der Waals surface area (Å²) in [4.78, 5) is 21.6. The highest BCUT2D eigenvalue weighted by molar-refractivity contribution is 8.00. The average molecular weight is 424 g/mol. The number of hydrogen-bond acceptors (Lipinski definition) is 4. The largest absolute Gasteiger partial charge is 0.325 e. The van der Waals surface area contributed by atoms with Gasteiger partial charge in [-0.2, -0.15) is 0 Å². The number of fused-ring (bicyclic) bond motifs is 1. The molecule has 1 heterocycles. The first-order valence-electron chi connectivity index (χ1n) is 8.79. The van der Waals surface area contributed by atoms with Gasteiger partial charge in [0.25, 0.3) is 0 Å². The monoisotopic (exact) mass is 423 g/mol. The Morgan fingerprint density at radius 3 is 2.45 bits per heavy atom. The summed E-state index contributed by atoms with van der Waals surface area (Å²) < 4.78 is 13.0. The second-order valence-electron chi connectivity index (χ2n) is 6.22. The van der Waals surface area contributed by atoms with Gasteiger partial charge in [-0.1, -0.05) is 41.6 Å². The number of rotatable bonds is 5. The summed E-state index contributed by atoms with van der Waals surface area (Å²) in [7, 11) is 0. The van der Waals surface area contributed by atoms with Crippen molar-refractivity contribution in [3.8, 4) is 11.4 Å². The lowest BCUT2D eigenvalue weighted by Crippen LogP contribution is -2.14. The minimum absolute atomic E-state index is 0.165. The van der Waals surface area contributed by atoms with Gasteiger partial charge in [-0.3, -0.25) is 4.79 Å². The number of halogens is 2. The normalized spacial score (nSPS) is 10.8. The Hall–Kier alpha value is -2.96. The van der Waals surface area contributed by atoms with Crippen molar-refractivity contribution in [2.24, 2.45) is 0 Å². The predicted molar refractivity (Wildman–Crippen MR) is 116 cm³/mol. The molecule has 4 nitrogen and oxygen atoms in total. The van der Waals surface area contributed by atoms with Gasteiger partial charge in [0.2, 0.25) is 5.91 Å². The molecule has 0 saturated heterocycles. The minimum atomic E-state index is -0.348. The zero-order valence-corrected chi connectivity index (χ0v) is 16.7. The van der Waals surface area contributed by atoms with Crippen LogP contribution in [0.5, 0.6) is 0 Å². The van der Waals surface area contributed by atoms with Gasteiger partial charge in [-0.15, -0.1) is 0 Å². The molecule has 4 aromatic rings. The summed E-state index contributed by atoms with van der Waals surface area (Å²) in [5.74, 6) is 0.192. The fraction of sp³-hybridized carbons (Fsp3) is 0.0455. The van der Waals surface area contributed by atoms with Crippen molar-refractivity contribution < 1.29 is 9.18 Å². The Balaban J connectivity index is 1.57. The van der Waals surface area contributed by atoms with Gasteiger partial charge in [0, 0.05) is 21.7 Å². The summed E-state index contributed by atoms with van der Waals surface area (Å²) in [5, 5.41) is 4.99. The Labute approximate surface area is 176 Å². The molecule has 7 heteroatoms. The van der Waals surface area contributed by atoms with Gasteiger partial charge in [0.1, 0.15) is 10.8 Å². The lowest BCUT2D eigenvalue weighted by molar-refractivity contribution is -0.113. The Morgan fingerprint density at radius 2 is 1.69 bits per heavy atom. The van der Waals surface area contributed by atoms with E-state index in [2.05, 4.69) is 15.3 Å². The molecule has 4 rings (SSSR count). The number of anilines is 1. The molecule has 0 unspecified atom stereocenters. The van der Waals surface area contributed by atoms with Crippen LogP contribution in [-0.2, 0) is 4.79 Å². The lowest BCUT2D eigenvalue weighted by Gasteiger charge is -2.09. The number of benzene rings is 3. The van der Waals surface area contributed by atoms with E-state index in [0.717, 1.165) is 21.5 Å². The molecule has 0 radical (unpaired) electrons. The molecule has 0 fully saturated rings. The van der Waals surface area contributed by atoms with E-state index in [4.69, 9.17) is 11.6 Å². The zero-order chi connectivity index (χ0) is 20.2. The average Bonchev–Trinajstić information content (AvgIpc) is 2.74. The number of nitrogens with one attached hydrogen (secondary N) is 1. The van der Waals surface area contributed by atoms with E-state index in [1.54, 1.807) is 12.1 Å². The molecule has 0 atom stereocenters. The SMILES string of the molecule is O=C(CSc1nc(-c2ccc(Cl)cc2)nc2ccccc12)Nc1ccc(F)cc1. The molecule has 1 aromatic heterocycles. The van der Waals surface area contributed by atoms with Crippen LogP contribution < -0.4 is 5.32 Å². The van der Waals surface area contributed by atoms with Crippen LogP contribution in [-0.4, -0.2) is 21.6 Å². The van der Waals surface area contributed by atoms with Gasteiger partial charge < -0.3 is 5.32 Å². The molecule has 1 amide bonds. The fourth-order valence-corrected chi connectivity index (χ4v) is 3.69. The number of aromatic nitrogens is 2. The summed E-state index contributed by atoms with van der Waals surface area (Å²) in [6.45, 7) is 0. The van der Waals surface area contributed by atoms with Gasteiger partial charge >= 0.3 is 0 Å². The number of hydrogen-bond donors (Lipinski definition) is 1.